The van der Waals surface area contributed by atoms with Crippen molar-refractivity contribution in [3.8, 4) is 12.1 Å². The fourth-order valence-corrected chi connectivity index (χ4v) is 11.0. The van der Waals surface area contributed by atoms with Crippen LogP contribution in [0.1, 0.15) is 58.3 Å². The molecular formula is C54H45F6N10O7S+. The van der Waals surface area contributed by atoms with E-state index in [0.717, 1.165) is 46.2 Å². The maximum atomic E-state index is 14.5. The summed E-state index contributed by atoms with van der Waals surface area (Å²) in [7, 11) is -3.03. The number of amides is 8. The number of hydrogen-bond donors (Lipinski definition) is 3. The van der Waals surface area contributed by atoms with Crippen molar-refractivity contribution in [1.29, 1.82) is 10.5 Å². The van der Waals surface area contributed by atoms with Crippen molar-refractivity contribution >= 4 is 51.3 Å². The highest BCUT2D eigenvalue weighted by atomic mass is 32.2. The Bertz CT molecular complexity index is 3340. The number of nitriles is 2. The summed E-state index contributed by atoms with van der Waals surface area (Å²) in [6, 6.07) is 26.3. The molecule has 4 aliphatic heterocycles. The SMILES string of the molecule is C[N+](CCCN1CC2=C(C1=O)[C@@H](c1ccc(C#N)cc1)NC(=O)N2c1cccc(C(F)(F)F)c1)(CCCN1CC2=C(C1=O)[C@@H](c1ccc(C#N)cc1)NC(=O)N2c1cccc(C(F)(F)F)c1)C(=O)NS(=O)(=O)c1ccccc1. The van der Waals surface area contributed by atoms with Crippen LogP contribution in [0.3, 0.4) is 0 Å². The van der Waals surface area contributed by atoms with E-state index in [1.807, 2.05) is 12.1 Å². The highest BCUT2D eigenvalue weighted by molar-refractivity contribution is 7.90. The molecule has 0 fully saturated rings. The summed E-state index contributed by atoms with van der Waals surface area (Å²) in [5, 5.41) is 24.3. The topological polar surface area (TPSA) is 216 Å². The molecule has 0 unspecified atom stereocenters. The van der Waals surface area contributed by atoms with Crippen molar-refractivity contribution in [1.82, 2.24) is 25.2 Å². The number of benzene rings is 5. The maximum absolute atomic E-state index is 14.5. The second kappa shape index (κ2) is 20.8. The molecule has 5 aromatic rings. The van der Waals surface area contributed by atoms with Gasteiger partial charge in [0.25, 0.3) is 21.8 Å². The van der Waals surface area contributed by atoms with Crippen LogP contribution in [0.4, 0.5) is 52.1 Å². The third-order valence-electron chi connectivity index (χ3n) is 13.9. The molecule has 0 aromatic heterocycles. The Morgan fingerprint density at radius 3 is 1.42 bits per heavy atom. The van der Waals surface area contributed by atoms with Gasteiger partial charge in [-0.2, -0.15) is 41.6 Å². The molecule has 0 aliphatic carbocycles. The quantitative estimate of drug-likeness (QED) is 0.0720. The molecule has 400 valence electrons. The zero-order chi connectivity index (χ0) is 55.9. The first-order chi connectivity index (χ1) is 37.0. The number of urea groups is 3. The number of quaternary nitrogens is 1. The second-order valence-electron chi connectivity index (χ2n) is 18.9. The zero-order valence-corrected chi connectivity index (χ0v) is 41.9. The lowest BCUT2D eigenvalue weighted by Crippen LogP contribution is -2.57. The normalized spacial score (nSPS) is 17.9. The van der Waals surface area contributed by atoms with Crippen LogP contribution in [-0.4, -0.2) is 98.9 Å². The van der Waals surface area contributed by atoms with Crippen LogP contribution in [0.5, 0.6) is 0 Å². The minimum atomic E-state index is -4.77. The van der Waals surface area contributed by atoms with E-state index in [-0.39, 0.29) is 102 Å². The highest BCUT2D eigenvalue weighted by Gasteiger charge is 2.48. The minimum Gasteiger partial charge on any atom is -0.333 e. The molecule has 0 spiro atoms. The predicted octanol–water partition coefficient (Wildman–Crippen LogP) is 8.23. The first kappa shape index (κ1) is 53.8. The van der Waals surface area contributed by atoms with Crippen molar-refractivity contribution in [2.45, 2.75) is 42.2 Å². The lowest BCUT2D eigenvalue weighted by atomic mass is 9.94. The molecule has 5 aromatic carbocycles. The number of halogens is 6. The van der Waals surface area contributed by atoms with E-state index in [9.17, 15) is 69.3 Å². The van der Waals surface area contributed by atoms with Gasteiger partial charge in [0.2, 0.25) is 0 Å². The van der Waals surface area contributed by atoms with Crippen LogP contribution in [0.2, 0.25) is 0 Å². The first-order valence-electron chi connectivity index (χ1n) is 24.1. The van der Waals surface area contributed by atoms with Gasteiger partial charge in [-0.25, -0.2) is 27.3 Å². The molecule has 0 radical (unpaired) electrons. The Kier molecular flexibility index (Phi) is 14.4. The minimum absolute atomic E-state index is 0.00142. The monoisotopic (exact) mass is 1090 g/mol. The average Bonchev–Trinajstić information content (AvgIpc) is 3.96. The van der Waals surface area contributed by atoms with Gasteiger partial charge in [0.05, 0.1) is 119 Å². The van der Waals surface area contributed by atoms with Gasteiger partial charge in [0, 0.05) is 25.9 Å². The summed E-state index contributed by atoms with van der Waals surface area (Å²) in [5.41, 5.74) is -0.827. The van der Waals surface area contributed by atoms with Crippen molar-refractivity contribution in [2.24, 2.45) is 0 Å². The van der Waals surface area contributed by atoms with Crippen LogP contribution in [0.25, 0.3) is 0 Å². The van der Waals surface area contributed by atoms with Crippen LogP contribution in [0, 0.1) is 22.7 Å². The molecule has 0 bridgehead atoms. The smallest absolute Gasteiger partial charge is 0.333 e. The van der Waals surface area contributed by atoms with Crippen molar-refractivity contribution in [3.63, 3.8) is 0 Å². The number of hydrogen-bond acceptors (Lipinski definition) is 9. The average molecular weight is 1090 g/mol. The van der Waals surface area contributed by atoms with Crippen molar-refractivity contribution in [3.05, 3.63) is 183 Å². The van der Waals surface area contributed by atoms with Gasteiger partial charge in [-0.3, -0.25) is 19.4 Å². The fraction of sp³-hybridized carbons (Fsp3) is 0.241. The van der Waals surface area contributed by atoms with Crippen LogP contribution in [0.15, 0.2) is 155 Å². The summed E-state index contributed by atoms with van der Waals surface area (Å²) in [5.74, 6) is -1.20. The van der Waals surface area contributed by atoms with E-state index in [1.165, 1.54) is 102 Å². The van der Waals surface area contributed by atoms with E-state index in [4.69, 9.17) is 0 Å². The van der Waals surface area contributed by atoms with Crippen LogP contribution >= 0.6 is 0 Å². The lowest BCUT2D eigenvalue weighted by Gasteiger charge is -2.34. The van der Waals surface area contributed by atoms with Gasteiger partial charge < -0.3 is 20.4 Å². The van der Waals surface area contributed by atoms with Crippen molar-refractivity contribution in [2.75, 3.05) is 56.1 Å². The highest BCUT2D eigenvalue weighted by Crippen LogP contribution is 2.42. The van der Waals surface area contributed by atoms with E-state index in [0.29, 0.717) is 11.1 Å². The van der Waals surface area contributed by atoms with E-state index in [1.54, 1.807) is 6.07 Å². The number of nitrogens with zero attached hydrogens (tertiary/aromatic N) is 7. The van der Waals surface area contributed by atoms with Crippen molar-refractivity contribution < 1.29 is 63.2 Å². The number of carbonyl (C=O) groups excluding carboxylic acids is 5. The molecule has 2 atom stereocenters. The molecule has 4 heterocycles. The molecule has 3 N–H and O–H groups in total. The number of anilines is 2. The van der Waals surface area contributed by atoms with Gasteiger partial charge in [0.15, 0.2) is 0 Å². The van der Waals surface area contributed by atoms with Gasteiger partial charge in [-0.05, 0) is 83.9 Å². The molecular weight excluding hydrogens is 1050 g/mol. The first-order valence-corrected chi connectivity index (χ1v) is 25.6. The molecule has 17 nitrogen and oxygen atoms in total. The Morgan fingerprint density at radius 2 is 1.04 bits per heavy atom. The molecule has 9 rings (SSSR count). The molecule has 24 heteroatoms. The molecule has 0 saturated heterocycles. The molecule has 0 saturated carbocycles. The summed E-state index contributed by atoms with van der Waals surface area (Å²) < 4.78 is 112. The predicted molar refractivity (Wildman–Crippen MR) is 267 cm³/mol. The van der Waals surface area contributed by atoms with Gasteiger partial charge in [0.1, 0.15) is 0 Å². The largest absolute Gasteiger partial charge is 0.430 e. The number of nitrogens with one attached hydrogen (secondary N) is 3. The van der Waals surface area contributed by atoms with Gasteiger partial charge in [-0.15, -0.1) is 0 Å². The Balaban J connectivity index is 0.976. The Morgan fingerprint density at radius 1 is 0.628 bits per heavy atom. The summed E-state index contributed by atoms with van der Waals surface area (Å²) in [6.07, 6.45) is -9.55. The van der Waals surface area contributed by atoms with E-state index < -0.39 is 80.0 Å². The summed E-state index contributed by atoms with van der Waals surface area (Å²) >= 11 is 0. The number of alkyl halides is 6. The fourth-order valence-electron chi connectivity index (χ4n) is 9.96. The van der Waals surface area contributed by atoms with Gasteiger partial charge >= 0.3 is 30.4 Å². The Hall–Kier alpha value is -9.00. The summed E-state index contributed by atoms with van der Waals surface area (Å²) in [4.78, 5) is 75.8. The zero-order valence-electron chi connectivity index (χ0n) is 41.1. The van der Waals surface area contributed by atoms with Crippen LogP contribution < -0.4 is 25.2 Å². The van der Waals surface area contributed by atoms with E-state index >= 15 is 0 Å². The standard InChI is InChI=1S/C54H44F6N10O7S/c1-70(52(75)65-78(76,77)41-13-3-2-4-14-41,25-7-23-66-31-42-44(48(66)71)46(35-19-15-33(29-61)16-20-35)63-50(73)68(42)39-11-5-9-37(27-39)53(55,56)57)26-8-24-67-32-43-45(49(67)72)47(36-21-17-34(30-62)18-22-36)64-51(74)69(43)40-12-6-10-38(28-40)54(58,59)60/h2-6,9-22,27-28,46-47H,7-8,23-26,31-32H2,1H3,(H2-,63,64,65,73,74,75)/p+1/t46-,47-/m1/s1. The van der Waals surface area contributed by atoms with Crippen LogP contribution in [-0.2, 0) is 32.0 Å². The number of carbonyl (C=O) groups is 5. The second-order valence-corrected chi connectivity index (χ2v) is 20.6. The third kappa shape index (κ3) is 10.6. The molecule has 78 heavy (non-hydrogen) atoms. The molecule has 4 aliphatic rings. The third-order valence-corrected chi connectivity index (χ3v) is 15.3. The number of sulfonamides is 1. The molecule has 8 amide bonds. The lowest BCUT2D eigenvalue weighted by molar-refractivity contribution is -0.830. The maximum Gasteiger partial charge on any atom is 0.430 e. The Labute approximate surface area is 442 Å². The van der Waals surface area contributed by atoms with Gasteiger partial charge in [-0.1, -0.05) is 54.6 Å². The summed E-state index contributed by atoms with van der Waals surface area (Å²) in [6.45, 7) is -1.07. The number of rotatable bonds is 14. The van der Waals surface area contributed by atoms with E-state index in [2.05, 4.69) is 15.4 Å².